The largest absolute Gasteiger partial charge is 0.374 e. The quantitative estimate of drug-likeness (QED) is 0.590. The van der Waals surface area contributed by atoms with Crippen molar-refractivity contribution in [2.75, 3.05) is 6.61 Å². The number of rotatable bonds is 7. The van der Waals surface area contributed by atoms with E-state index in [1.807, 2.05) is 30.3 Å². The molecule has 1 atom stereocenters. The van der Waals surface area contributed by atoms with E-state index < -0.39 is 17.4 Å². The SMILES string of the molecule is NC(=O)CC(N)(COCc1ccccc1)C(N)=O. The van der Waals surface area contributed by atoms with Crippen LogP contribution in [0.1, 0.15) is 12.0 Å². The van der Waals surface area contributed by atoms with Gasteiger partial charge in [0.25, 0.3) is 0 Å². The normalized spacial score (nSPS) is 13.8. The number of benzene rings is 1. The molecule has 0 bridgehead atoms. The fraction of sp³-hybridized carbons (Fsp3) is 0.333. The van der Waals surface area contributed by atoms with Crippen LogP contribution in [0.5, 0.6) is 0 Å². The second-order valence-electron chi connectivity index (χ2n) is 4.14. The van der Waals surface area contributed by atoms with E-state index in [9.17, 15) is 9.59 Å². The molecule has 6 heteroatoms. The van der Waals surface area contributed by atoms with Crippen molar-refractivity contribution in [3.63, 3.8) is 0 Å². The van der Waals surface area contributed by atoms with Gasteiger partial charge in [0.1, 0.15) is 5.54 Å². The second kappa shape index (κ2) is 6.13. The third kappa shape index (κ3) is 4.15. The molecule has 1 rings (SSSR count). The van der Waals surface area contributed by atoms with Crippen molar-refractivity contribution >= 4 is 11.8 Å². The highest BCUT2D eigenvalue weighted by atomic mass is 16.5. The Labute approximate surface area is 105 Å². The molecule has 6 nitrogen and oxygen atoms in total. The molecule has 1 aromatic rings. The minimum Gasteiger partial charge on any atom is -0.374 e. The number of carbonyl (C=O) groups is 2. The summed E-state index contributed by atoms with van der Waals surface area (Å²) in [5.41, 5.74) is 15.2. The first-order chi connectivity index (χ1) is 8.44. The topological polar surface area (TPSA) is 121 Å². The summed E-state index contributed by atoms with van der Waals surface area (Å²) in [5, 5.41) is 0. The molecular weight excluding hydrogens is 234 g/mol. The second-order valence-corrected chi connectivity index (χ2v) is 4.14. The van der Waals surface area contributed by atoms with Crippen LogP contribution in [0.2, 0.25) is 0 Å². The Hall–Kier alpha value is -1.92. The monoisotopic (exact) mass is 251 g/mol. The maximum Gasteiger partial charge on any atom is 0.240 e. The highest BCUT2D eigenvalue weighted by Gasteiger charge is 2.34. The van der Waals surface area contributed by atoms with Crippen LogP contribution in [0.25, 0.3) is 0 Å². The number of amides is 2. The van der Waals surface area contributed by atoms with Gasteiger partial charge in [0.05, 0.1) is 19.6 Å². The van der Waals surface area contributed by atoms with Gasteiger partial charge in [-0.3, -0.25) is 9.59 Å². The third-order valence-corrected chi connectivity index (χ3v) is 2.45. The zero-order valence-corrected chi connectivity index (χ0v) is 9.96. The summed E-state index contributed by atoms with van der Waals surface area (Å²) in [6, 6.07) is 9.36. The van der Waals surface area contributed by atoms with Crippen LogP contribution in [-0.4, -0.2) is 24.0 Å². The van der Waals surface area contributed by atoms with Gasteiger partial charge >= 0.3 is 0 Å². The van der Waals surface area contributed by atoms with Gasteiger partial charge < -0.3 is 21.9 Å². The number of primary amides is 2. The molecule has 0 spiro atoms. The maximum atomic E-state index is 11.2. The van der Waals surface area contributed by atoms with E-state index in [-0.39, 0.29) is 19.6 Å². The van der Waals surface area contributed by atoms with Crippen LogP contribution in [0.3, 0.4) is 0 Å². The lowest BCUT2D eigenvalue weighted by molar-refractivity contribution is -0.130. The summed E-state index contributed by atoms with van der Waals surface area (Å²) in [4.78, 5) is 22.0. The van der Waals surface area contributed by atoms with Gasteiger partial charge in [0.2, 0.25) is 11.8 Å². The fourth-order valence-corrected chi connectivity index (χ4v) is 1.45. The third-order valence-electron chi connectivity index (χ3n) is 2.45. The molecule has 98 valence electrons. The molecule has 0 aromatic heterocycles. The predicted octanol–water partition coefficient (Wildman–Crippen LogP) is -0.739. The molecule has 0 aliphatic carbocycles. The van der Waals surface area contributed by atoms with Crippen LogP contribution in [0.15, 0.2) is 30.3 Å². The molecule has 2 amide bonds. The highest BCUT2D eigenvalue weighted by molar-refractivity contribution is 5.90. The van der Waals surface area contributed by atoms with E-state index >= 15 is 0 Å². The van der Waals surface area contributed by atoms with E-state index in [2.05, 4.69) is 0 Å². The van der Waals surface area contributed by atoms with Crippen LogP contribution >= 0.6 is 0 Å². The van der Waals surface area contributed by atoms with Gasteiger partial charge in [-0.05, 0) is 5.56 Å². The number of hydrogen-bond acceptors (Lipinski definition) is 4. The van der Waals surface area contributed by atoms with Crippen molar-refractivity contribution in [3.8, 4) is 0 Å². The lowest BCUT2D eigenvalue weighted by Crippen LogP contribution is -2.57. The van der Waals surface area contributed by atoms with Crippen LogP contribution in [0, 0.1) is 0 Å². The first kappa shape index (κ1) is 14.1. The van der Waals surface area contributed by atoms with Crippen LogP contribution < -0.4 is 17.2 Å². The molecule has 0 aliphatic heterocycles. The minimum absolute atomic E-state index is 0.153. The van der Waals surface area contributed by atoms with Crippen molar-refractivity contribution in [1.29, 1.82) is 0 Å². The Bertz CT molecular complexity index is 422. The van der Waals surface area contributed by atoms with E-state index in [1.54, 1.807) is 0 Å². The summed E-state index contributed by atoms with van der Waals surface area (Å²) < 4.78 is 5.31. The molecule has 0 heterocycles. The molecular formula is C12H17N3O3. The maximum absolute atomic E-state index is 11.2. The summed E-state index contributed by atoms with van der Waals surface area (Å²) in [6.45, 7) is 0.131. The van der Waals surface area contributed by atoms with E-state index in [1.165, 1.54) is 0 Å². The zero-order valence-electron chi connectivity index (χ0n) is 9.96. The molecule has 0 saturated heterocycles. The van der Waals surface area contributed by atoms with Gasteiger partial charge in [-0.15, -0.1) is 0 Å². The standard InChI is InChI=1S/C12H17N3O3/c13-10(16)6-12(15,11(14)17)8-18-7-9-4-2-1-3-5-9/h1-5H,6-8,15H2,(H2,13,16)(H2,14,17). The molecule has 1 aromatic carbocycles. The molecule has 0 fully saturated rings. The molecule has 1 unspecified atom stereocenters. The van der Waals surface area contributed by atoms with Crippen molar-refractivity contribution < 1.29 is 14.3 Å². The first-order valence-corrected chi connectivity index (χ1v) is 5.43. The Balaban J connectivity index is 2.53. The molecule has 0 saturated carbocycles. The van der Waals surface area contributed by atoms with E-state index in [0.29, 0.717) is 0 Å². The minimum atomic E-state index is -1.55. The van der Waals surface area contributed by atoms with E-state index in [4.69, 9.17) is 21.9 Å². The van der Waals surface area contributed by atoms with Gasteiger partial charge in [-0.2, -0.15) is 0 Å². The Morgan fingerprint density at radius 3 is 2.28 bits per heavy atom. The lowest BCUT2D eigenvalue weighted by Gasteiger charge is -2.24. The van der Waals surface area contributed by atoms with Crippen molar-refractivity contribution in [2.45, 2.75) is 18.6 Å². The molecule has 0 radical (unpaired) electrons. The van der Waals surface area contributed by atoms with Crippen LogP contribution in [0.4, 0.5) is 0 Å². The summed E-state index contributed by atoms with van der Waals surface area (Å²) in [7, 11) is 0. The van der Waals surface area contributed by atoms with Crippen LogP contribution in [-0.2, 0) is 20.9 Å². The van der Waals surface area contributed by atoms with Gasteiger partial charge in [-0.1, -0.05) is 30.3 Å². The number of carbonyl (C=O) groups excluding carboxylic acids is 2. The Morgan fingerprint density at radius 1 is 1.17 bits per heavy atom. The molecule has 0 aliphatic rings. The van der Waals surface area contributed by atoms with Crippen molar-refractivity contribution in [3.05, 3.63) is 35.9 Å². The molecule has 18 heavy (non-hydrogen) atoms. The van der Waals surface area contributed by atoms with Crippen molar-refractivity contribution in [1.82, 2.24) is 0 Å². The smallest absolute Gasteiger partial charge is 0.240 e. The molecule has 6 N–H and O–H groups in total. The first-order valence-electron chi connectivity index (χ1n) is 5.43. The number of ether oxygens (including phenoxy) is 1. The lowest BCUT2D eigenvalue weighted by atomic mass is 9.96. The summed E-state index contributed by atoms with van der Waals surface area (Å²) in [5.74, 6) is -1.51. The predicted molar refractivity (Wildman–Crippen MR) is 66.0 cm³/mol. The summed E-state index contributed by atoms with van der Waals surface area (Å²) >= 11 is 0. The summed E-state index contributed by atoms with van der Waals surface area (Å²) in [6.07, 6.45) is -0.336. The van der Waals surface area contributed by atoms with Gasteiger partial charge in [-0.25, -0.2) is 0 Å². The van der Waals surface area contributed by atoms with Gasteiger partial charge in [0.15, 0.2) is 0 Å². The zero-order chi connectivity index (χ0) is 13.6. The Morgan fingerprint density at radius 2 is 1.78 bits per heavy atom. The Kier molecular flexibility index (Phi) is 4.82. The average Bonchev–Trinajstić information content (AvgIpc) is 2.29. The van der Waals surface area contributed by atoms with Crippen molar-refractivity contribution in [2.24, 2.45) is 17.2 Å². The van der Waals surface area contributed by atoms with Gasteiger partial charge in [0, 0.05) is 0 Å². The number of nitrogens with two attached hydrogens (primary N) is 3. The average molecular weight is 251 g/mol. The fourth-order valence-electron chi connectivity index (χ4n) is 1.45. The van der Waals surface area contributed by atoms with E-state index in [0.717, 1.165) is 5.56 Å². The highest BCUT2D eigenvalue weighted by Crippen LogP contribution is 2.09. The number of hydrogen-bond donors (Lipinski definition) is 3.